The van der Waals surface area contributed by atoms with Gasteiger partial charge in [0.15, 0.2) is 0 Å². The monoisotopic (exact) mass is 471 g/mol. The zero-order valence-corrected chi connectivity index (χ0v) is 17.8. The Bertz CT molecular complexity index is 1060. The number of alkyl halides is 3. The summed E-state index contributed by atoms with van der Waals surface area (Å²) in [7, 11) is 0. The second-order valence-electron chi connectivity index (χ2n) is 6.14. The van der Waals surface area contributed by atoms with E-state index in [0.717, 1.165) is 17.8 Å². The molecule has 1 aromatic heterocycles. The van der Waals surface area contributed by atoms with Crippen LogP contribution in [0.1, 0.15) is 18.4 Å². The number of rotatable bonds is 8. The molecule has 3 aromatic rings. The van der Waals surface area contributed by atoms with E-state index in [2.05, 4.69) is 15.5 Å². The maximum atomic E-state index is 13.1. The Morgan fingerprint density at radius 1 is 1.23 bits per heavy atom. The number of carbonyl (C=O) groups is 1. The smallest absolute Gasteiger partial charge is 0.418 e. The fourth-order valence-corrected chi connectivity index (χ4v) is 3.52. The van der Waals surface area contributed by atoms with Gasteiger partial charge in [0, 0.05) is 0 Å². The van der Waals surface area contributed by atoms with E-state index in [-0.39, 0.29) is 22.4 Å². The van der Waals surface area contributed by atoms with Crippen molar-refractivity contribution in [3.8, 4) is 17.1 Å². The summed E-state index contributed by atoms with van der Waals surface area (Å²) in [5, 5.41) is 5.96. The first-order chi connectivity index (χ1) is 14.8. The second-order valence-corrected chi connectivity index (χ2v) is 7.53. The molecular weight excluding hydrogens is 455 g/mol. The maximum absolute atomic E-state index is 13.1. The topological polar surface area (TPSA) is 77.2 Å². The lowest BCUT2D eigenvalue weighted by Gasteiger charge is -2.14. The van der Waals surface area contributed by atoms with Gasteiger partial charge in [-0.1, -0.05) is 35.0 Å². The third-order valence-electron chi connectivity index (χ3n) is 3.94. The van der Waals surface area contributed by atoms with Crippen molar-refractivity contribution >= 4 is 35.0 Å². The molecule has 164 valence electrons. The number of anilines is 1. The van der Waals surface area contributed by atoms with Gasteiger partial charge in [-0.25, -0.2) is 0 Å². The third-order valence-corrected chi connectivity index (χ3v) is 5.17. The van der Waals surface area contributed by atoms with Gasteiger partial charge in [0.2, 0.25) is 17.6 Å². The van der Waals surface area contributed by atoms with Crippen molar-refractivity contribution in [3.63, 3.8) is 0 Å². The number of amides is 1. The lowest BCUT2D eigenvalue weighted by atomic mass is 10.1. The standard InChI is InChI=1S/C20H17ClF3N3O3S/c1-2-29-15-9-4-3-6-12(15)19-26-17(30-27-19)11-31-10-16(28)25-18-13(20(22,23)24)7-5-8-14(18)21/h3-9H,2,10-11H2,1H3,(H,25,28). The third kappa shape index (κ3) is 5.92. The van der Waals surface area contributed by atoms with Gasteiger partial charge < -0.3 is 14.6 Å². The maximum Gasteiger partial charge on any atom is 0.418 e. The molecule has 3 rings (SSSR count). The molecule has 0 saturated carbocycles. The molecule has 0 aliphatic heterocycles. The molecular formula is C20H17ClF3N3O3S. The SMILES string of the molecule is CCOc1ccccc1-c1noc(CSCC(=O)Nc2c(Cl)cccc2C(F)(F)F)n1. The molecule has 0 atom stereocenters. The Hall–Kier alpha value is -2.72. The Morgan fingerprint density at radius 3 is 2.74 bits per heavy atom. The number of halogens is 4. The molecule has 0 fully saturated rings. The van der Waals surface area contributed by atoms with Crippen molar-refractivity contribution in [2.24, 2.45) is 0 Å². The average molecular weight is 472 g/mol. The minimum atomic E-state index is -4.64. The molecule has 1 amide bonds. The summed E-state index contributed by atoms with van der Waals surface area (Å²) in [4.78, 5) is 16.4. The van der Waals surface area contributed by atoms with Crippen LogP contribution in [0.2, 0.25) is 5.02 Å². The zero-order valence-electron chi connectivity index (χ0n) is 16.2. The molecule has 2 aromatic carbocycles. The van der Waals surface area contributed by atoms with Gasteiger partial charge in [0.25, 0.3) is 0 Å². The fraction of sp³-hybridized carbons (Fsp3) is 0.250. The first kappa shape index (κ1) is 23.0. The van der Waals surface area contributed by atoms with E-state index in [1.54, 1.807) is 12.1 Å². The van der Waals surface area contributed by atoms with Crippen LogP contribution in [-0.4, -0.2) is 28.4 Å². The van der Waals surface area contributed by atoms with Crippen LogP contribution in [0.15, 0.2) is 47.0 Å². The highest BCUT2D eigenvalue weighted by molar-refractivity contribution is 7.99. The van der Waals surface area contributed by atoms with Crippen LogP contribution in [0.4, 0.5) is 18.9 Å². The number of thioether (sulfide) groups is 1. The van der Waals surface area contributed by atoms with Crippen LogP contribution in [0.5, 0.6) is 5.75 Å². The van der Waals surface area contributed by atoms with Crippen LogP contribution in [-0.2, 0) is 16.7 Å². The van der Waals surface area contributed by atoms with Crippen molar-refractivity contribution < 1.29 is 27.2 Å². The van der Waals surface area contributed by atoms with Gasteiger partial charge in [-0.3, -0.25) is 4.79 Å². The number of nitrogens with zero attached hydrogens (tertiary/aromatic N) is 2. The summed E-state index contributed by atoms with van der Waals surface area (Å²) in [6.07, 6.45) is -4.64. The molecule has 0 bridgehead atoms. The predicted molar refractivity (Wildman–Crippen MR) is 112 cm³/mol. The molecule has 6 nitrogen and oxygen atoms in total. The van der Waals surface area contributed by atoms with Gasteiger partial charge in [0.1, 0.15) is 5.75 Å². The summed E-state index contributed by atoms with van der Waals surface area (Å²) in [6.45, 7) is 2.34. The number of carbonyl (C=O) groups excluding carboxylic acids is 1. The minimum Gasteiger partial charge on any atom is -0.493 e. The van der Waals surface area contributed by atoms with E-state index in [9.17, 15) is 18.0 Å². The molecule has 11 heteroatoms. The second kappa shape index (κ2) is 10.1. The molecule has 0 radical (unpaired) electrons. The molecule has 1 N–H and O–H groups in total. The summed E-state index contributed by atoms with van der Waals surface area (Å²) in [5.74, 6) is 0.666. The van der Waals surface area contributed by atoms with Crippen LogP contribution < -0.4 is 10.1 Å². The number of hydrogen-bond acceptors (Lipinski definition) is 6. The predicted octanol–water partition coefficient (Wildman–Crippen LogP) is 5.68. The van der Waals surface area contributed by atoms with E-state index >= 15 is 0 Å². The summed E-state index contributed by atoms with van der Waals surface area (Å²) >= 11 is 6.95. The van der Waals surface area contributed by atoms with E-state index in [4.69, 9.17) is 20.9 Å². The molecule has 0 saturated heterocycles. The molecule has 0 aliphatic rings. The van der Waals surface area contributed by atoms with Crippen molar-refractivity contribution in [2.45, 2.75) is 18.9 Å². The number of aromatic nitrogens is 2. The number of benzene rings is 2. The minimum absolute atomic E-state index is 0.129. The molecule has 0 unspecified atom stereocenters. The highest BCUT2D eigenvalue weighted by atomic mass is 35.5. The first-order valence-electron chi connectivity index (χ1n) is 9.07. The lowest BCUT2D eigenvalue weighted by Crippen LogP contribution is -2.18. The number of ether oxygens (including phenoxy) is 1. The normalized spacial score (nSPS) is 11.4. The number of nitrogens with one attached hydrogen (secondary N) is 1. The fourth-order valence-electron chi connectivity index (χ4n) is 2.65. The Morgan fingerprint density at radius 2 is 2.00 bits per heavy atom. The van der Waals surface area contributed by atoms with Crippen LogP contribution in [0.25, 0.3) is 11.4 Å². The van der Waals surface area contributed by atoms with E-state index < -0.39 is 23.3 Å². The van der Waals surface area contributed by atoms with Gasteiger partial charge in [0.05, 0.1) is 39.9 Å². The van der Waals surface area contributed by atoms with Crippen LogP contribution in [0, 0.1) is 0 Å². The lowest BCUT2D eigenvalue weighted by molar-refractivity contribution is -0.137. The Balaban J connectivity index is 1.60. The van der Waals surface area contributed by atoms with Gasteiger partial charge in [-0.2, -0.15) is 18.2 Å². The van der Waals surface area contributed by atoms with E-state index in [1.807, 2.05) is 19.1 Å². The first-order valence-corrected chi connectivity index (χ1v) is 10.6. The van der Waals surface area contributed by atoms with Crippen molar-refractivity contribution in [1.29, 1.82) is 0 Å². The van der Waals surface area contributed by atoms with Crippen LogP contribution in [0.3, 0.4) is 0 Å². The average Bonchev–Trinajstić information content (AvgIpc) is 3.18. The quantitative estimate of drug-likeness (QED) is 0.455. The Labute approximate surface area is 185 Å². The van der Waals surface area contributed by atoms with Gasteiger partial charge in [-0.05, 0) is 31.2 Å². The summed E-state index contributed by atoms with van der Waals surface area (Å²) < 4.78 is 50.1. The molecule has 0 aliphatic carbocycles. The molecule has 0 spiro atoms. The Kier molecular flexibility index (Phi) is 7.45. The largest absolute Gasteiger partial charge is 0.493 e. The number of hydrogen-bond donors (Lipinski definition) is 1. The van der Waals surface area contributed by atoms with Crippen molar-refractivity contribution in [1.82, 2.24) is 10.1 Å². The van der Waals surface area contributed by atoms with E-state index in [1.165, 1.54) is 12.1 Å². The molecule has 31 heavy (non-hydrogen) atoms. The van der Waals surface area contributed by atoms with Gasteiger partial charge >= 0.3 is 6.18 Å². The van der Waals surface area contributed by atoms with Gasteiger partial charge in [-0.15, -0.1) is 11.8 Å². The van der Waals surface area contributed by atoms with Crippen LogP contribution >= 0.6 is 23.4 Å². The molecule has 1 heterocycles. The zero-order chi connectivity index (χ0) is 22.4. The summed E-state index contributed by atoms with van der Waals surface area (Å²) in [5.41, 5.74) is -0.803. The highest BCUT2D eigenvalue weighted by Gasteiger charge is 2.34. The highest BCUT2D eigenvalue weighted by Crippen LogP contribution is 2.38. The van der Waals surface area contributed by atoms with E-state index in [0.29, 0.717) is 23.7 Å². The van der Waals surface area contributed by atoms with Crippen molar-refractivity contribution in [2.75, 3.05) is 17.7 Å². The summed E-state index contributed by atoms with van der Waals surface area (Å²) in [6, 6.07) is 10.5. The van der Waals surface area contributed by atoms with Crippen molar-refractivity contribution in [3.05, 3.63) is 58.9 Å². The number of para-hydroxylation sites is 2.